The number of carbonyl (C=O) groups is 1. The van der Waals surface area contributed by atoms with Gasteiger partial charge in [0.15, 0.2) is 11.5 Å². The zero-order chi connectivity index (χ0) is 15.0. The molecule has 0 unspecified atom stereocenters. The molecule has 0 radical (unpaired) electrons. The van der Waals surface area contributed by atoms with Gasteiger partial charge in [0.05, 0.1) is 26.4 Å². The number of nitrogens with one attached hydrogen (secondary N) is 1. The standard InChI is InChI=1S/C14H20ClNO4/c1-18-11-7-6-10(13(15)14(11)20-3)9-16-8-4-5-12(17)19-2/h6-7,16H,4-5,8-9H2,1-3H3. The third-order valence-corrected chi connectivity index (χ3v) is 3.26. The van der Waals surface area contributed by atoms with Crippen LogP contribution in [0.3, 0.4) is 0 Å². The molecule has 0 fully saturated rings. The van der Waals surface area contributed by atoms with Crippen LogP contribution in [0.4, 0.5) is 0 Å². The first kappa shape index (κ1) is 16.6. The maximum absolute atomic E-state index is 11.0. The Morgan fingerprint density at radius 3 is 2.60 bits per heavy atom. The Bertz CT molecular complexity index is 451. The Hall–Kier alpha value is -1.46. The molecule has 0 aliphatic carbocycles. The van der Waals surface area contributed by atoms with Gasteiger partial charge in [0.1, 0.15) is 0 Å². The molecule has 0 spiro atoms. The molecule has 112 valence electrons. The number of methoxy groups -OCH3 is 3. The van der Waals surface area contributed by atoms with Crippen molar-refractivity contribution in [3.8, 4) is 11.5 Å². The lowest BCUT2D eigenvalue weighted by Crippen LogP contribution is -2.16. The lowest BCUT2D eigenvalue weighted by Gasteiger charge is -2.13. The monoisotopic (exact) mass is 301 g/mol. The second-order valence-corrected chi connectivity index (χ2v) is 4.51. The molecule has 0 aliphatic heterocycles. The number of benzene rings is 1. The average molecular weight is 302 g/mol. The van der Waals surface area contributed by atoms with Gasteiger partial charge >= 0.3 is 5.97 Å². The molecule has 0 bridgehead atoms. The van der Waals surface area contributed by atoms with Crippen LogP contribution in [0.2, 0.25) is 5.02 Å². The van der Waals surface area contributed by atoms with E-state index in [2.05, 4.69) is 10.1 Å². The summed E-state index contributed by atoms with van der Waals surface area (Å²) in [5.41, 5.74) is 0.919. The van der Waals surface area contributed by atoms with Gasteiger partial charge in [-0.2, -0.15) is 0 Å². The number of hydrogen-bond donors (Lipinski definition) is 1. The van der Waals surface area contributed by atoms with Gasteiger partial charge in [-0.3, -0.25) is 4.79 Å². The Labute approximate surface area is 124 Å². The van der Waals surface area contributed by atoms with Crippen LogP contribution in [0.25, 0.3) is 0 Å². The Morgan fingerprint density at radius 2 is 2.00 bits per heavy atom. The third-order valence-electron chi connectivity index (χ3n) is 2.84. The summed E-state index contributed by atoms with van der Waals surface area (Å²) in [7, 11) is 4.51. The molecule has 0 heterocycles. The predicted molar refractivity (Wildman–Crippen MR) is 77.5 cm³/mol. The molecule has 0 aliphatic rings. The first-order valence-electron chi connectivity index (χ1n) is 6.31. The smallest absolute Gasteiger partial charge is 0.305 e. The van der Waals surface area contributed by atoms with Crippen LogP contribution < -0.4 is 14.8 Å². The Morgan fingerprint density at radius 1 is 1.25 bits per heavy atom. The van der Waals surface area contributed by atoms with Gasteiger partial charge in [-0.15, -0.1) is 0 Å². The largest absolute Gasteiger partial charge is 0.493 e. The lowest BCUT2D eigenvalue weighted by molar-refractivity contribution is -0.140. The van der Waals surface area contributed by atoms with Crippen molar-refractivity contribution in [3.63, 3.8) is 0 Å². The fraction of sp³-hybridized carbons (Fsp3) is 0.500. The van der Waals surface area contributed by atoms with Crippen LogP contribution in [-0.4, -0.2) is 33.8 Å². The van der Waals surface area contributed by atoms with Gasteiger partial charge in [0, 0.05) is 13.0 Å². The van der Waals surface area contributed by atoms with E-state index in [4.69, 9.17) is 21.1 Å². The van der Waals surface area contributed by atoms with Crippen LogP contribution in [0.5, 0.6) is 11.5 Å². The molecule has 1 aromatic carbocycles. The molecule has 0 atom stereocenters. The summed E-state index contributed by atoms with van der Waals surface area (Å²) in [6.07, 6.45) is 1.13. The molecule has 5 nitrogen and oxygen atoms in total. The third kappa shape index (κ3) is 4.58. The van der Waals surface area contributed by atoms with Crippen molar-refractivity contribution in [2.45, 2.75) is 19.4 Å². The summed E-state index contributed by atoms with van der Waals surface area (Å²) in [5, 5.41) is 3.76. The highest BCUT2D eigenvalue weighted by molar-refractivity contribution is 6.33. The minimum atomic E-state index is -0.198. The van der Waals surface area contributed by atoms with E-state index in [0.717, 1.165) is 12.0 Å². The highest BCUT2D eigenvalue weighted by Crippen LogP contribution is 2.37. The molecule has 6 heteroatoms. The van der Waals surface area contributed by atoms with Crippen LogP contribution in [0.15, 0.2) is 12.1 Å². The van der Waals surface area contributed by atoms with Gasteiger partial charge in [-0.25, -0.2) is 0 Å². The van der Waals surface area contributed by atoms with Crippen molar-refractivity contribution in [3.05, 3.63) is 22.7 Å². The maximum atomic E-state index is 11.0. The van der Waals surface area contributed by atoms with Gasteiger partial charge in [-0.05, 0) is 24.6 Å². The molecule has 20 heavy (non-hydrogen) atoms. The van der Waals surface area contributed by atoms with Gasteiger partial charge in [0.2, 0.25) is 0 Å². The molecular weight excluding hydrogens is 282 g/mol. The molecule has 1 N–H and O–H groups in total. The van der Waals surface area contributed by atoms with Crippen molar-refractivity contribution < 1.29 is 19.0 Å². The van der Waals surface area contributed by atoms with E-state index >= 15 is 0 Å². The predicted octanol–water partition coefficient (Wildman–Crippen LogP) is 2.40. The number of esters is 1. The van der Waals surface area contributed by atoms with E-state index in [1.54, 1.807) is 14.2 Å². The number of rotatable bonds is 8. The van der Waals surface area contributed by atoms with E-state index in [1.807, 2.05) is 12.1 Å². The normalized spacial score (nSPS) is 10.2. The SMILES string of the molecule is COC(=O)CCCNCc1ccc(OC)c(OC)c1Cl. The van der Waals surface area contributed by atoms with E-state index in [0.29, 0.717) is 36.0 Å². The van der Waals surface area contributed by atoms with Gasteiger partial charge in [-0.1, -0.05) is 17.7 Å². The fourth-order valence-corrected chi connectivity index (χ4v) is 2.05. The van der Waals surface area contributed by atoms with Gasteiger partial charge < -0.3 is 19.5 Å². The molecule has 0 saturated heterocycles. The summed E-state index contributed by atoms with van der Waals surface area (Å²) in [4.78, 5) is 11.0. The highest BCUT2D eigenvalue weighted by Gasteiger charge is 2.12. The van der Waals surface area contributed by atoms with Crippen LogP contribution in [0, 0.1) is 0 Å². The zero-order valence-corrected chi connectivity index (χ0v) is 12.8. The van der Waals surface area contributed by atoms with Crippen LogP contribution in [-0.2, 0) is 16.1 Å². The highest BCUT2D eigenvalue weighted by atomic mass is 35.5. The van der Waals surface area contributed by atoms with Crippen molar-refractivity contribution in [2.24, 2.45) is 0 Å². The number of carbonyl (C=O) groups excluding carboxylic acids is 1. The summed E-state index contributed by atoms with van der Waals surface area (Å²) in [6.45, 7) is 1.31. The Kier molecular flexibility index (Phi) is 7.18. The molecule has 1 rings (SSSR count). The quantitative estimate of drug-likeness (QED) is 0.590. The van der Waals surface area contributed by atoms with E-state index < -0.39 is 0 Å². The summed E-state index contributed by atoms with van der Waals surface area (Å²) in [6, 6.07) is 3.70. The number of hydrogen-bond acceptors (Lipinski definition) is 5. The van der Waals surface area contributed by atoms with Crippen LogP contribution in [0.1, 0.15) is 18.4 Å². The van der Waals surface area contributed by atoms with Crippen molar-refractivity contribution >= 4 is 17.6 Å². The number of ether oxygens (including phenoxy) is 3. The molecule has 0 saturated carbocycles. The first-order valence-corrected chi connectivity index (χ1v) is 6.68. The summed E-state index contributed by atoms with van der Waals surface area (Å²) in [5.74, 6) is 0.936. The molecule has 0 aromatic heterocycles. The zero-order valence-electron chi connectivity index (χ0n) is 12.0. The average Bonchev–Trinajstić information content (AvgIpc) is 2.47. The van der Waals surface area contributed by atoms with E-state index in [-0.39, 0.29) is 5.97 Å². The summed E-state index contributed by atoms with van der Waals surface area (Å²) >= 11 is 6.26. The fourth-order valence-electron chi connectivity index (χ4n) is 1.75. The second-order valence-electron chi connectivity index (χ2n) is 4.13. The van der Waals surface area contributed by atoms with Crippen molar-refractivity contribution in [1.82, 2.24) is 5.32 Å². The molecule has 1 aromatic rings. The minimum absolute atomic E-state index is 0.198. The first-order chi connectivity index (χ1) is 9.63. The molecular formula is C14H20ClNO4. The molecule has 0 amide bonds. The maximum Gasteiger partial charge on any atom is 0.305 e. The van der Waals surface area contributed by atoms with Crippen LogP contribution >= 0.6 is 11.6 Å². The van der Waals surface area contributed by atoms with Crippen molar-refractivity contribution in [1.29, 1.82) is 0 Å². The lowest BCUT2D eigenvalue weighted by atomic mass is 10.2. The van der Waals surface area contributed by atoms with E-state index in [1.165, 1.54) is 7.11 Å². The van der Waals surface area contributed by atoms with Crippen molar-refractivity contribution in [2.75, 3.05) is 27.9 Å². The Balaban J connectivity index is 2.50. The van der Waals surface area contributed by atoms with E-state index in [9.17, 15) is 4.79 Å². The minimum Gasteiger partial charge on any atom is -0.493 e. The summed E-state index contributed by atoms with van der Waals surface area (Å²) < 4.78 is 15.0. The number of halogens is 1. The van der Waals surface area contributed by atoms with Gasteiger partial charge in [0.25, 0.3) is 0 Å². The topological polar surface area (TPSA) is 56.8 Å². The second kappa shape index (κ2) is 8.66.